The maximum atomic E-state index is 12.9. The molecule has 1 amide bonds. The molecule has 0 N–H and O–H groups in total. The number of rotatable bonds is 4. The normalized spacial score (nSPS) is 16.6. The van der Waals surface area contributed by atoms with E-state index in [1.54, 1.807) is 36.9 Å². The summed E-state index contributed by atoms with van der Waals surface area (Å²) in [5, 5.41) is 4.38. The molecule has 0 fully saturated rings. The fourth-order valence-corrected chi connectivity index (χ4v) is 3.09. The number of hydrogen-bond acceptors (Lipinski definition) is 5. The smallest absolute Gasteiger partial charge is 0.272 e. The third-order valence-corrected chi connectivity index (χ3v) is 4.36. The lowest BCUT2D eigenvalue weighted by molar-refractivity contribution is 0.0695. The van der Waals surface area contributed by atoms with Gasteiger partial charge in [-0.25, -0.2) is 0 Å². The number of hydrogen-bond donors (Lipinski definition) is 0. The molecule has 4 rings (SSSR count). The molecule has 0 aliphatic carbocycles. The molecule has 7 nitrogen and oxygen atoms in total. The highest BCUT2D eigenvalue weighted by Crippen LogP contribution is 2.19. The van der Waals surface area contributed by atoms with Crippen LogP contribution < -0.4 is 4.74 Å². The molecule has 26 heavy (non-hydrogen) atoms. The van der Waals surface area contributed by atoms with Crippen molar-refractivity contribution in [1.29, 1.82) is 0 Å². The molecule has 0 aromatic carbocycles. The van der Waals surface area contributed by atoms with E-state index in [2.05, 4.69) is 15.1 Å². The van der Waals surface area contributed by atoms with Crippen molar-refractivity contribution in [2.75, 3.05) is 13.2 Å². The van der Waals surface area contributed by atoms with Gasteiger partial charge in [-0.2, -0.15) is 5.10 Å². The van der Waals surface area contributed by atoms with Crippen LogP contribution in [0.4, 0.5) is 0 Å². The van der Waals surface area contributed by atoms with E-state index < -0.39 is 0 Å². The molecule has 0 saturated carbocycles. The number of amides is 1. The predicted molar refractivity (Wildman–Crippen MR) is 94.4 cm³/mol. The van der Waals surface area contributed by atoms with Crippen LogP contribution in [-0.4, -0.2) is 43.7 Å². The third kappa shape index (κ3) is 3.56. The Hall–Kier alpha value is -3.22. The van der Waals surface area contributed by atoms with Crippen LogP contribution in [0.2, 0.25) is 0 Å². The zero-order valence-electron chi connectivity index (χ0n) is 14.2. The largest absolute Gasteiger partial charge is 0.492 e. The molecule has 0 unspecified atom stereocenters. The third-order valence-electron chi connectivity index (χ3n) is 4.36. The quantitative estimate of drug-likeness (QED) is 0.720. The first-order chi connectivity index (χ1) is 12.8. The lowest BCUT2D eigenvalue weighted by Gasteiger charge is -2.24. The van der Waals surface area contributed by atoms with Gasteiger partial charge in [0.1, 0.15) is 11.4 Å². The summed E-state index contributed by atoms with van der Waals surface area (Å²) in [4.78, 5) is 23.0. The van der Waals surface area contributed by atoms with Gasteiger partial charge in [0, 0.05) is 37.6 Å². The first-order valence-corrected chi connectivity index (χ1v) is 8.53. The van der Waals surface area contributed by atoms with Gasteiger partial charge in [-0.05, 0) is 30.3 Å². The lowest BCUT2D eigenvalue weighted by atomic mass is 10.1. The van der Waals surface area contributed by atoms with Crippen molar-refractivity contribution in [3.05, 3.63) is 72.6 Å². The molecule has 4 heterocycles. The maximum absolute atomic E-state index is 12.9. The summed E-state index contributed by atoms with van der Waals surface area (Å²) in [5.74, 6) is 0.760. The molecule has 7 heteroatoms. The number of nitrogens with zero attached hydrogens (tertiary/aromatic N) is 5. The molecule has 1 aliphatic heterocycles. The summed E-state index contributed by atoms with van der Waals surface area (Å²) >= 11 is 0. The summed E-state index contributed by atoms with van der Waals surface area (Å²) < 4.78 is 7.82. The summed E-state index contributed by atoms with van der Waals surface area (Å²) in [5.41, 5.74) is 1.46. The zero-order valence-corrected chi connectivity index (χ0v) is 14.2. The molecule has 3 aromatic heterocycles. The first kappa shape index (κ1) is 16.3. The van der Waals surface area contributed by atoms with Gasteiger partial charge in [-0.3, -0.25) is 19.4 Å². The van der Waals surface area contributed by atoms with Crippen LogP contribution in [0.3, 0.4) is 0 Å². The highest BCUT2D eigenvalue weighted by atomic mass is 16.5. The Morgan fingerprint density at radius 2 is 2.08 bits per heavy atom. The highest BCUT2D eigenvalue weighted by Gasteiger charge is 2.27. The van der Waals surface area contributed by atoms with Gasteiger partial charge >= 0.3 is 0 Å². The van der Waals surface area contributed by atoms with Crippen molar-refractivity contribution in [2.45, 2.75) is 13.1 Å². The van der Waals surface area contributed by atoms with E-state index in [1.165, 1.54) is 0 Å². The number of carbonyl (C=O) groups is 1. The molecule has 1 aliphatic rings. The van der Waals surface area contributed by atoms with Crippen molar-refractivity contribution in [3.63, 3.8) is 0 Å². The number of carbonyl (C=O) groups excluding carboxylic acids is 1. The highest BCUT2D eigenvalue weighted by molar-refractivity contribution is 5.92. The van der Waals surface area contributed by atoms with Gasteiger partial charge in [0.05, 0.1) is 25.0 Å². The minimum absolute atomic E-state index is 0.0772. The average molecular weight is 349 g/mol. The van der Waals surface area contributed by atoms with Crippen LogP contribution in [0.15, 0.2) is 61.2 Å². The molecule has 132 valence electrons. The van der Waals surface area contributed by atoms with Crippen LogP contribution in [0.1, 0.15) is 16.2 Å². The SMILES string of the molecule is O=C(c1ccccn1)N1Cc2ccnn2C[C@@H](COc2cccnc2)C1. The van der Waals surface area contributed by atoms with Crippen LogP contribution in [0.25, 0.3) is 0 Å². The first-order valence-electron chi connectivity index (χ1n) is 8.53. The van der Waals surface area contributed by atoms with Gasteiger partial charge in [-0.15, -0.1) is 0 Å². The Morgan fingerprint density at radius 1 is 1.12 bits per heavy atom. The van der Waals surface area contributed by atoms with Crippen molar-refractivity contribution in [1.82, 2.24) is 24.6 Å². The van der Waals surface area contributed by atoms with Gasteiger partial charge in [0.25, 0.3) is 5.91 Å². The van der Waals surface area contributed by atoms with E-state index in [9.17, 15) is 4.79 Å². The molecule has 1 atom stereocenters. The molecule has 0 bridgehead atoms. The fraction of sp³-hybridized carbons (Fsp3) is 0.263. The molecule has 0 radical (unpaired) electrons. The molecule has 0 spiro atoms. The van der Waals surface area contributed by atoms with Gasteiger partial charge in [0.15, 0.2) is 0 Å². The van der Waals surface area contributed by atoms with E-state index in [0.717, 1.165) is 11.4 Å². The summed E-state index contributed by atoms with van der Waals surface area (Å²) in [7, 11) is 0. The Bertz CT molecular complexity index is 866. The van der Waals surface area contributed by atoms with Gasteiger partial charge < -0.3 is 9.64 Å². The molecule has 3 aromatic rings. The Labute approximate surface area is 151 Å². The summed E-state index contributed by atoms with van der Waals surface area (Å²) in [6, 6.07) is 11.0. The van der Waals surface area contributed by atoms with E-state index in [0.29, 0.717) is 31.9 Å². The van der Waals surface area contributed by atoms with Gasteiger partial charge in [0.2, 0.25) is 0 Å². The Balaban J connectivity index is 1.53. The van der Waals surface area contributed by atoms with E-state index >= 15 is 0 Å². The fourth-order valence-electron chi connectivity index (χ4n) is 3.09. The van der Waals surface area contributed by atoms with Crippen molar-refractivity contribution >= 4 is 5.91 Å². The topological polar surface area (TPSA) is 73.1 Å². The number of aromatic nitrogens is 4. The van der Waals surface area contributed by atoms with Crippen LogP contribution in [0, 0.1) is 5.92 Å². The molecular weight excluding hydrogens is 330 g/mol. The average Bonchev–Trinajstić information content (AvgIpc) is 3.05. The van der Waals surface area contributed by atoms with Crippen LogP contribution >= 0.6 is 0 Å². The van der Waals surface area contributed by atoms with Crippen molar-refractivity contribution < 1.29 is 9.53 Å². The minimum atomic E-state index is -0.0772. The standard InChI is InChI=1S/C19H19N5O2/c25-19(18-5-1-2-8-21-18)23-11-15(12-24-16(13-23)6-9-22-24)14-26-17-4-3-7-20-10-17/h1-10,15H,11-14H2/t15-/m0/s1. The monoisotopic (exact) mass is 349 g/mol. The van der Waals surface area contributed by atoms with E-state index in [-0.39, 0.29) is 11.8 Å². The summed E-state index contributed by atoms with van der Waals surface area (Å²) in [6.45, 7) is 2.28. The van der Waals surface area contributed by atoms with Gasteiger partial charge in [-0.1, -0.05) is 6.07 Å². The number of fused-ring (bicyclic) bond motifs is 1. The van der Waals surface area contributed by atoms with Crippen molar-refractivity contribution in [3.8, 4) is 5.75 Å². The molecular formula is C19H19N5O2. The summed E-state index contributed by atoms with van der Waals surface area (Å²) in [6.07, 6.45) is 6.80. The predicted octanol–water partition coefficient (Wildman–Crippen LogP) is 2.02. The lowest BCUT2D eigenvalue weighted by Crippen LogP contribution is -2.36. The van der Waals surface area contributed by atoms with Crippen LogP contribution in [-0.2, 0) is 13.1 Å². The number of pyridine rings is 2. The zero-order chi connectivity index (χ0) is 17.8. The van der Waals surface area contributed by atoms with Crippen LogP contribution in [0.5, 0.6) is 5.75 Å². The van der Waals surface area contributed by atoms with E-state index in [4.69, 9.17) is 4.74 Å². The van der Waals surface area contributed by atoms with Crippen molar-refractivity contribution in [2.24, 2.45) is 5.92 Å². The Kier molecular flexibility index (Phi) is 4.59. The second-order valence-corrected chi connectivity index (χ2v) is 6.27. The second kappa shape index (κ2) is 7.35. The minimum Gasteiger partial charge on any atom is -0.492 e. The van der Waals surface area contributed by atoms with E-state index in [1.807, 2.05) is 33.8 Å². The number of ether oxygens (including phenoxy) is 1. The maximum Gasteiger partial charge on any atom is 0.272 e. The Morgan fingerprint density at radius 3 is 2.88 bits per heavy atom. The molecule has 0 saturated heterocycles. The second-order valence-electron chi connectivity index (χ2n) is 6.27.